The molecule has 3 rings (SSSR count). The minimum absolute atomic E-state index is 0.0410. The number of hydrogen-bond donors (Lipinski definition) is 2. The monoisotopic (exact) mass is 387 g/mol. The maximum atomic E-state index is 12.3. The number of carbonyl (C=O) groups is 1. The summed E-state index contributed by atoms with van der Waals surface area (Å²) in [7, 11) is 3.94. The number of benzene rings is 1. The first-order valence-electron chi connectivity index (χ1n) is 9.26. The molecule has 1 aliphatic carbocycles. The van der Waals surface area contributed by atoms with Gasteiger partial charge < -0.3 is 15.5 Å². The average molecular weight is 388 g/mol. The number of aryl methyl sites for hydroxylation is 1. The second-order valence-electron chi connectivity index (χ2n) is 7.26. The van der Waals surface area contributed by atoms with Crippen molar-refractivity contribution in [2.24, 2.45) is 0 Å². The number of nitrogens with zero attached hydrogens (tertiary/aromatic N) is 3. The minimum Gasteiger partial charge on any atom is -0.363 e. The maximum absolute atomic E-state index is 12.3. The first kappa shape index (κ1) is 19.4. The van der Waals surface area contributed by atoms with Crippen LogP contribution in [0.3, 0.4) is 0 Å². The molecule has 0 bridgehead atoms. The molecular formula is C20H26ClN5O. The van der Waals surface area contributed by atoms with Crippen molar-refractivity contribution in [3.8, 4) is 0 Å². The standard InChI is InChI=1S/C20H26ClN5O/c1-13-12-18(26(2)3)25-20(22-13)24-17-10-8-16(9-11-17)23-19(27)14-4-6-15(21)7-5-14/h4-7,12,16-17H,8-11H2,1-3H3,(H,23,27)(H,22,24,25)/t16-,17+. The van der Waals surface area contributed by atoms with E-state index in [1.807, 2.05) is 32.0 Å². The zero-order valence-electron chi connectivity index (χ0n) is 16.0. The van der Waals surface area contributed by atoms with Crippen LogP contribution in [0.25, 0.3) is 0 Å². The van der Waals surface area contributed by atoms with Crippen LogP contribution in [0.5, 0.6) is 0 Å². The van der Waals surface area contributed by atoms with Gasteiger partial charge in [-0.15, -0.1) is 0 Å². The third kappa shape index (κ3) is 5.32. The molecule has 7 heteroatoms. The molecule has 0 aliphatic heterocycles. The highest BCUT2D eigenvalue weighted by Crippen LogP contribution is 2.22. The van der Waals surface area contributed by atoms with E-state index in [4.69, 9.17) is 11.6 Å². The molecule has 6 nitrogen and oxygen atoms in total. The van der Waals surface area contributed by atoms with Gasteiger partial charge in [-0.3, -0.25) is 4.79 Å². The van der Waals surface area contributed by atoms with E-state index >= 15 is 0 Å². The lowest BCUT2D eigenvalue weighted by Crippen LogP contribution is -2.40. The number of halogens is 1. The second-order valence-corrected chi connectivity index (χ2v) is 7.70. The van der Waals surface area contributed by atoms with Crippen LogP contribution in [0.4, 0.5) is 11.8 Å². The molecule has 1 heterocycles. The van der Waals surface area contributed by atoms with Crippen LogP contribution < -0.4 is 15.5 Å². The zero-order valence-corrected chi connectivity index (χ0v) is 16.8. The molecule has 1 amide bonds. The summed E-state index contributed by atoms with van der Waals surface area (Å²) in [4.78, 5) is 23.4. The molecule has 2 N–H and O–H groups in total. The van der Waals surface area contributed by atoms with Crippen molar-refractivity contribution < 1.29 is 4.79 Å². The Balaban J connectivity index is 1.52. The molecule has 0 unspecified atom stereocenters. The lowest BCUT2D eigenvalue weighted by Gasteiger charge is -2.30. The molecule has 27 heavy (non-hydrogen) atoms. The van der Waals surface area contributed by atoms with Gasteiger partial charge in [-0.25, -0.2) is 4.98 Å². The molecule has 0 spiro atoms. The number of nitrogens with one attached hydrogen (secondary N) is 2. The zero-order chi connectivity index (χ0) is 19.4. The first-order chi connectivity index (χ1) is 12.9. The number of aromatic nitrogens is 2. The Hall–Kier alpha value is -2.34. The smallest absolute Gasteiger partial charge is 0.251 e. The van der Waals surface area contributed by atoms with Gasteiger partial charge in [0.05, 0.1) is 0 Å². The van der Waals surface area contributed by atoms with Crippen LogP contribution in [0.1, 0.15) is 41.7 Å². The van der Waals surface area contributed by atoms with Crippen LogP contribution in [-0.2, 0) is 0 Å². The Kier molecular flexibility index (Phi) is 6.16. The van der Waals surface area contributed by atoms with Gasteiger partial charge in [0.1, 0.15) is 5.82 Å². The van der Waals surface area contributed by atoms with Gasteiger partial charge in [0.2, 0.25) is 5.95 Å². The van der Waals surface area contributed by atoms with Gasteiger partial charge in [0.15, 0.2) is 0 Å². The summed E-state index contributed by atoms with van der Waals surface area (Å²) in [5.74, 6) is 1.53. The molecule has 1 saturated carbocycles. The van der Waals surface area contributed by atoms with Crippen LogP contribution >= 0.6 is 11.6 Å². The SMILES string of the molecule is Cc1cc(N(C)C)nc(N[C@H]2CC[C@@H](NC(=O)c3ccc(Cl)cc3)CC2)n1. The van der Waals surface area contributed by atoms with E-state index in [-0.39, 0.29) is 11.9 Å². The van der Waals surface area contributed by atoms with Crippen LogP contribution in [0.15, 0.2) is 30.3 Å². The van der Waals surface area contributed by atoms with Crippen molar-refractivity contribution in [3.05, 3.63) is 46.6 Å². The van der Waals surface area contributed by atoms with Crippen LogP contribution in [-0.4, -0.2) is 42.1 Å². The third-order valence-corrected chi connectivity index (χ3v) is 5.05. The maximum Gasteiger partial charge on any atom is 0.251 e. The van der Waals surface area contributed by atoms with E-state index in [1.54, 1.807) is 24.3 Å². The molecule has 144 valence electrons. The summed E-state index contributed by atoms with van der Waals surface area (Å²) < 4.78 is 0. The fourth-order valence-electron chi connectivity index (χ4n) is 3.28. The predicted molar refractivity (Wildman–Crippen MR) is 110 cm³/mol. The predicted octanol–water partition coefficient (Wildman–Crippen LogP) is 3.66. The minimum atomic E-state index is -0.0410. The summed E-state index contributed by atoms with van der Waals surface area (Å²) >= 11 is 5.88. The van der Waals surface area contributed by atoms with E-state index in [0.29, 0.717) is 22.6 Å². The topological polar surface area (TPSA) is 70.2 Å². The Morgan fingerprint density at radius 3 is 2.33 bits per heavy atom. The lowest BCUT2D eigenvalue weighted by atomic mass is 9.91. The van der Waals surface area contributed by atoms with Crippen molar-refractivity contribution in [1.29, 1.82) is 0 Å². The summed E-state index contributed by atoms with van der Waals surface area (Å²) in [5, 5.41) is 7.21. The van der Waals surface area contributed by atoms with Crippen molar-refractivity contribution >= 4 is 29.3 Å². The van der Waals surface area contributed by atoms with E-state index in [0.717, 1.165) is 37.2 Å². The Morgan fingerprint density at radius 2 is 1.70 bits per heavy atom. The lowest BCUT2D eigenvalue weighted by molar-refractivity contribution is 0.0926. The average Bonchev–Trinajstić information content (AvgIpc) is 2.63. The van der Waals surface area contributed by atoms with Crippen LogP contribution in [0.2, 0.25) is 5.02 Å². The Morgan fingerprint density at radius 1 is 1.07 bits per heavy atom. The molecule has 0 saturated heterocycles. The van der Waals surface area contributed by atoms with E-state index in [1.165, 1.54) is 0 Å². The molecule has 1 fully saturated rings. The largest absolute Gasteiger partial charge is 0.363 e. The number of rotatable bonds is 5. The molecule has 1 aromatic carbocycles. The number of amides is 1. The molecule has 1 aliphatic rings. The Bertz CT molecular complexity index is 785. The van der Waals surface area contributed by atoms with Gasteiger partial charge in [0, 0.05) is 48.5 Å². The first-order valence-corrected chi connectivity index (χ1v) is 9.64. The quantitative estimate of drug-likeness (QED) is 0.819. The molecule has 1 aromatic heterocycles. The van der Waals surface area contributed by atoms with E-state index in [9.17, 15) is 4.79 Å². The summed E-state index contributed by atoms with van der Waals surface area (Å²) in [6, 6.07) is 9.47. The van der Waals surface area contributed by atoms with Crippen molar-refractivity contribution in [3.63, 3.8) is 0 Å². The summed E-state index contributed by atoms with van der Waals surface area (Å²) in [5.41, 5.74) is 1.59. The van der Waals surface area contributed by atoms with Gasteiger partial charge in [-0.2, -0.15) is 4.98 Å². The van der Waals surface area contributed by atoms with Gasteiger partial charge in [-0.05, 0) is 56.9 Å². The van der Waals surface area contributed by atoms with Crippen LogP contribution in [0, 0.1) is 6.92 Å². The highest BCUT2D eigenvalue weighted by Gasteiger charge is 2.23. The van der Waals surface area contributed by atoms with Gasteiger partial charge >= 0.3 is 0 Å². The second kappa shape index (κ2) is 8.57. The number of anilines is 2. The molecule has 0 atom stereocenters. The highest BCUT2D eigenvalue weighted by atomic mass is 35.5. The third-order valence-electron chi connectivity index (χ3n) is 4.80. The fraction of sp³-hybridized carbons (Fsp3) is 0.450. The summed E-state index contributed by atoms with van der Waals surface area (Å²) in [6.07, 6.45) is 3.81. The molecule has 2 aromatic rings. The molecule has 0 radical (unpaired) electrons. The Labute approximate surface area is 165 Å². The van der Waals surface area contributed by atoms with Crippen molar-refractivity contribution in [1.82, 2.24) is 15.3 Å². The fourth-order valence-corrected chi connectivity index (χ4v) is 3.41. The van der Waals surface area contributed by atoms with Gasteiger partial charge in [0.25, 0.3) is 5.91 Å². The van der Waals surface area contributed by atoms with Crippen molar-refractivity contribution in [2.75, 3.05) is 24.3 Å². The molecular weight excluding hydrogens is 362 g/mol. The van der Waals surface area contributed by atoms with E-state index < -0.39 is 0 Å². The van der Waals surface area contributed by atoms with Gasteiger partial charge in [-0.1, -0.05) is 11.6 Å². The summed E-state index contributed by atoms with van der Waals surface area (Å²) in [6.45, 7) is 1.98. The normalized spacial score (nSPS) is 19.4. The van der Waals surface area contributed by atoms with E-state index in [2.05, 4.69) is 20.6 Å². The number of hydrogen-bond acceptors (Lipinski definition) is 5. The number of carbonyl (C=O) groups excluding carboxylic acids is 1. The highest BCUT2D eigenvalue weighted by molar-refractivity contribution is 6.30. The van der Waals surface area contributed by atoms with Crippen molar-refractivity contribution in [2.45, 2.75) is 44.7 Å².